The van der Waals surface area contributed by atoms with E-state index in [1.54, 1.807) is 7.05 Å². The van der Waals surface area contributed by atoms with Crippen LogP contribution in [-0.4, -0.2) is 38.7 Å². The first-order valence-electron chi connectivity index (χ1n) is 8.65. The predicted molar refractivity (Wildman–Crippen MR) is 113 cm³/mol. The summed E-state index contributed by atoms with van der Waals surface area (Å²) >= 11 is 0. The van der Waals surface area contributed by atoms with Gasteiger partial charge in [0, 0.05) is 38.3 Å². The van der Waals surface area contributed by atoms with Gasteiger partial charge in [0.05, 0.1) is 6.61 Å². The average molecular weight is 460 g/mol. The van der Waals surface area contributed by atoms with Crippen molar-refractivity contribution in [2.45, 2.75) is 32.7 Å². The van der Waals surface area contributed by atoms with E-state index in [4.69, 9.17) is 4.74 Å². The van der Waals surface area contributed by atoms with Crippen molar-refractivity contribution in [1.29, 1.82) is 0 Å². The predicted octanol–water partition coefficient (Wildman–Crippen LogP) is 2.74. The van der Waals surface area contributed by atoms with Gasteiger partial charge in [-0.25, -0.2) is 0 Å². The van der Waals surface area contributed by atoms with E-state index in [2.05, 4.69) is 20.9 Å². The normalized spacial score (nSPS) is 14.2. The van der Waals surface area contributed by atoms with E-state index < -0.39 is 0 Å². The van der Waals surface area contributed by atoms with E-state index in [0.29, 0.717) is 26.3 Å². The summed E-state index contributed by atoms with van der Waals surface area (Å²) in [5.41, 5.74) is 1.94. The molecule has 1 aliphatic rings. The van der Waals surface area contributed by atoms with Crippen molar-refractivity contribution < 1.29 is 9.53 Å². The van der Waals surface area contributed by atoms with Crippen LogP contribution < -0.4 is 16.0 Å². The van der Waals surface area contributed by atoms with Crippen LogP contribution in [0.4, 0.5) is 5.69 Å². The lowest BCUT2D eigenvalue weighted by atomic mass is 9.85. The monoisotopic (exact) mass is 460 g/mol. The van der Waals surface area contributed by atoms with Crippen molar-refractivity contribution >= 4 is 41.5 Å². The standard InChI is InChI=1S/C18H28N4O2.HI/c1-3-24-11-10-20-18(19-2)21-13-14-6-4-9-16(12-14)22-17(23)15-7-5-8-15;/h4,6,9,12,15H,3,5,7-8,10-11,13H2,1-2H3,(H,22,23)(H2,19,20,21);1H. The maximum Gasteiger partial charge on any atom is 0.227 e. The second kappa shape index (κ2) is 12.1. The average Bonchev–Trinajstić information content (AvgIpc) is 2.53. The number of nitrogens with one attached hydrogen (secondary N) is 3. The molecule has 25 heavy (non-hydrogen) atoms. The minimum atomic E-state index is 0. The summed E-state index contributed by atoms with van der Waals surface area (Å²) in [7, 11) is 1.74. The molecule has 0 aliphatic heterocycles. The highest BCUT2D eigenvalue weighted by Gasteiger charge is 2.25. The Labute approximate surface area is 167 Å². The molecule has 1 fully saturated rings. The van der Waals surface area contributed by atoms with Crippen LogP contribution in [0, 0.1) is 5.92 Å². The molecule has 140 valence electrons. The number of benzene rings is 1. The molecule has 0 heterocycles. The number of carbonyl (C=O) groups excluding carboxylic acids is 1. The number of carbonyl (C=O) groups is 1. The van der Waals surface area contributed by atoms with Gasteiger partial charge in [-0.1, -0.05) is 18.6 Å². The van der Waals surface area contributed by atoms with Gasteiger partial charge < -0.3 is 20.7 Å². The molecule has 0 bridgehead atoms. The molecule has 0 atom stereocenters. The Kier molecular flexibility index (Phi) is 10.5. The molecule has 1 amide bonds. The molecule has 1 aromatic carbocycles. The third-order valence-electron chi connectivity index (χ3n) is 4.10. The summed E-state index contributed by atoms with van der Waals surface area (Å²) < 4.78 is 5.29. The number of halogens is 1. The van der Waals surface area contributed by atoms with Crippen LogP contribution in [0.5, 0.6) is 0 Å². The van der Waals surface area contributed by atoms with Crippen molar-refractivity contribution in [1.82, 2.24) is 10.6 Å². The van der Waals surface area contributed by atoms with Crippen molar-refractivity contribution in [3.63, 3.8) is 0 Å². The number of guanidine groups is 1. The second-order valence-electron chi connectivity index (χ2n) is 5.87. The van der Waals surface area contributed by atoms with Gasteiger partial charge in [0.25, 0.3) is 0 Å². The Morgan fingerprint density at radius 1 is 1.32 bits per heavy atom. The quantitative estimate of drug-likeness (QED) is 0.242. The Morgan fingerprint density at radius 3 is 2.76 bits per heavy atom. The molecule has 1 saturated carbocycles. The zero-order valence-electron chi connectivity index (χ0n) is 15.0. The van der Waals surface area contributed by atoms with Gasteiger partial charge >= 0.3 is 0 Å². The number of nitrogens with zero attached hydrogens (tertiary/aromatic N) is 1. The molecule has 0 saturated heterocycles. The zero-order chi connectivity index (χ0) is 17.2. The number of rotatable bonds is 8. The summed E-state index contributed by atoms with van der Waals surface area (Å²) in [6.45, 7) is 4.70. The van der Waals surface area contributed by atoms with Gasteiger partial charge in [-0.05, 0) is 37.5 Å². The van der Waals surface area contributed by atoms with Crippen molar-refractivity contribution in [3.8, 4) is 0 Å². The number of amides is 1. The van der Waals surface area contributed by atoms with Crippen molar-refractivity contribution in [2.75, 3.05) is 32.1 Å². The first kappa shape index (κ1) is 21.7. The molecule has 3 N–H and O–H groups in total. The lowest BCUT2D eigenvalue weighted by Gasteiger charge is -2.24. The van der Waals surface area contributed by atoms with Crippen LogP contribution in [0.1, 0.15) is 31.7 Å². The molecule has 0 radical (unpaired) electrons. The molecule has 2 rings (SSSR count). The first-order chi connectivity index (χ1) is 11.7. The number of hydrogen-bond acceptors (Lipinski definition) is 3. The second-order valence-corrected chi connectivity index (χ2v) is 5.87. The summed E-state index contributed by atoms with van der Waals surface area (Å²) in [5.74, 6) is 1.07. The minimum absolute atomic E-state index is 0. The van der Waals surface area contributed by atoms with Crippen LogP contribution in [-0.2, 0) is 16.1 Å². The molecule has 1 aliphatic carbocycles. The molecular formula is C18H29IN4O2. The zero-order valence-corrected chi connectivity index (χ0v) is 17.3. The fraction of sp³-hybridized carbons (Fsp3) is 0.556. The highest BCUT2D eigenvalue weighted by Crippen LogP contribution is 2.27. The van der Waals surface area contributed by atoms with Crippen LogP contribution in [0.15, 0.2) is 29.3 Å². The molecule has 0 aromatic heterocycles. The number of hydrogen-bond donors (Lipinski definition) is 3. The first-order valence-corrected chi connectivity index (χ1v) is 8.65. The maximum absolute atomic E-state index is 12.0. The van der Waals surface area contributed by atoms with E-state index in [0.717, 1.165) is 36.5 Å². The van der Waals surface area contributed by atoms with Crippen LogP contribution in [0.25, 0.3) is 0 Å². The third kappa shape index (κ3) is 7.60. The van der Waals surface area contributed by atoms with Crippen molar-refractivity contribution in [2.24, 2.45) is 10.9 Å². The smallest absolute Gasteiger partial charge is 0.227 e. The fourth-order valence-electron chi connectivity index (χ4n) is 2.47. The summed E-state index contributed by atoms with van der Waals surface area (Å²) in [4.78, 5) is 16.2. The van der Waals surface area contributed by atoms with Crippen LogP contribution >= 0.6 is 24.0 Å². The number of aliphatic imine (C=N–C) groups is 1. The van der Waals surface area contributed by atoms with Gasteiger partial charge in [0.2, 0.25) is 5.91 Å². The highest BCUT2D eigenvalue weighted by molar-refractivity contribution is 14.0. The Balaban J connectivity index is 0.00000312. The van der Waals surface area contributed by atoms with Crippen molar-refractivity contribution in [3.05, 3.63) is 29.8 Å². The number of ether oxygens (including phenoxy) is 1. The third-order valence-corrected chi connectivity index (χ3v) is 4.10. The molecule has 0 unspecified atom stereocenters. The molecule has 0 spiro atoms. The molecular weight excluding hydrogens is 431 g/mol. The maximum atomic E-state index is 12.0. The topological polar surface area (TPSA) is 74.8 Å². The van der Waals surface area contributed by atoms with Gasteiger partial charge in [0.1, 0.15) is 0 Å². The van der Waals surface area contributed by atoms with Gasteiger partial charge in [-0.15, -0.1) is 24.0 Å². The molecule has 7 heteroatoms. The Morgan fingerprint density at radius 2 is 2.12 bits per heavy atom. The van der Waals surface area contributed by atoms with Gasteiger partial charge in [-0.2, -0.15) is 0 Å². The van der Waals surface area contributed by atoms with E-state index in [-0.39, 0.29) is 35.8 Å². The van der Waals surface area contributed by atoms with Crippen LogP contribution in [0.3, 0.4) is 0 Å². The Bertz CT molecular complexity index is 562. The van der Waals surface area contributed by atoms with Gasteiger partial charge in [0.15, 0.2) is 5.96 Å². The van der Waals surface area contributed by atoms with E-state index in [1.807, 2.05) is 31.2 Å². The lowest BCUT2D eigenvalue weighted by Crippen LogP contribution is -2.38. The summed E-state index contributed by atoms with van der Waals surface area (Å²) in [6.07, 6.45) is 3.19. The summed E-state index contributed by atoms with van der Waals surface area (Å²) in [6, 6.07) is 7.91. The fourth-order valence-corrected chi connectivity index (χ4v) is 2.47. The van der Waals surface area contributed by atoms with E-state index in [1.165, 1.54) is 0 Å². The summed E-state index contributed by atoms with van der Waals surface area (Å²) in [5, 5.41) is 9.46. The lowest BCUT2D eigenvalue weighted by molar-refractivity contribution is -0.122. The minimum Gasteiger partial charge on any atom is -0.380 e. The number of anilines is 1. The highest BCUT2D eigenvalue weighted by atomic mass is 127. The SMILES string of the molecule is CCOCCNC(=NC)NCc1cccc(NC(=O)C2CCC2)c1.I. The van der Waals surface area contributed by atoms with E-state index in [9.17, 15) is 4.79 Å². The van der Waals surface area contributed by atoms with Crippen LogP contribution in [0.2, 0.25) is 0 Å². The van der Waals surface area contributed by atoms with E-state index >= 15 is 0 Å². The largest absolute Gasteiger partial charge is 0.380 e. The molecule has 1 aromatic rings. The Hall–Kier alpha value is -1.35. The van der Waals surface area contributed by atoms with Gasteiger partial charge in [-0.3, -0.25) is 9.79 Å². The molecule has 6 nitrogen and oxygen atoms in total.